The van der Waals surface area contributed by atoms with Crippen LogP contribution in [0.2, 0.25) is 0 Å². The molecule has 38 heavy (non-hydrogen) atoms. The molecule has 1 aromatic rings. The summed E-state index contributed by atoms with van der Waals surface area (Å²) >= 11 is 0. The normalized spacial score (nSPS) is 28.1. The number of nitrogens with zero attached hydrogens (tertiary/aromatic N) is 3. The number of β-amino-alcohol motifs (C(OH)–C–C–N with tert-alkyl or cyclic N) is 1. The number of piperidine rings is 2. The van der Waals surface area contributed by atoms with Crippen molar-refractivity contribution in [2.24, 2.45) is 11.8 Å². The molecule has 2 amide bonds. The third-order valence-electron chi connectivity index (χ3n) is 10.3. The van der Waals surface area contributed by atoms with Crippen LogP contribution in [0.15, 0.2) is 18.2 Å². The first kappa shape index (κ1) is 26.1. The van der Waals surface area contributed by atoms with Gasteiger partial charge in [-0.25, -0.2) is 0 Å². The van der Waals surface area contributed by atoms with Crippen LogP contribution in [0.1, 0.15) is 87.1 Å². The van der Waals surface area contributed by atoms with Crippen molar-refractivity contribution in [2.75, 3.05) is 51.1 Å². The number of anilines is 1. The summed E-state index contributed by atoms with van der Waals surface area (Å²) in [6, 6.07) is 6.70. The van der Waals surface area contributed by atoms with E-state index in [4.69, 9.17) is 0 Å². The molecule has 2 aliphatic carbocycles. The molecule has 6 rings (SSSR count). The maximum Gasteiger partial charge on any atom is 0.254 e. The topological polar surface area (TPSA) is 76.1 Å². The van der Waals surface area contributed by atoms with Gasteiger partial charge in [0.05, 0.1) is 6.10 Å². The van der Waals surface area contributed by atoms with Crippen molar-refractivity contribution in [3.8, 4) is 0 Å². The fraction of sp³-hybridized carbons (Fsp3) is 0.742. The fourth-order valence-electron chi connectivity index (χ4n) is 7.84. The van der Waals surface area contributed by atoms with E-state index in [0.717, 1.165) is 88.0 Å². The van der Waals surface area contributed by atoms with Crippen molar-refractivity contribution in [3.05, 3.63) is 29.3 Å². The highest BCUT2D eigenvalue weighted by Crippen LogP contribution is 2.52. The summed E-state index contributed by atoms with van der Waals surface area (Å²) in [5.41, 5.74) is 3.17. The van der Waals surface area contributed by atoms with Gasteiger partial charge in [-0.2, -0.15) is 0 Å². The van der Waals surface area contributed by atoms with Crippen molar-refractivity contribution in [2.45, 2.75) is 88.7 Å². The smallest absolute Gasteiger partial charge is 0.254 e. The summed E-state index contributed by atoms with van der Waals surface area (Å²) in [5.74, 6) is 1.99. The van der Waals surface area contributed by atoms with E-state index in [1.54, 1.807) is 6.92 Å². The number of carbonyl (C=O) groups excluding carboxylic acids is 2. The number of carbonyl (C=O) groups is 2. The van der Waals surface area contributed by atoms with Gasteiger partial charge in [-0.15, -0.1) is 0 Å². The first-order valence-corrected chi connectivity index (χ1v) is 15.3. The average molecular weight is 523 g/mol. The molecule has 3 aliphatic heterocycles. The zero-order valence-corrected chi connectivity index (χ0v) is 23.2. The van der Waals surface area contributed by atoms with Crippen LogP contribution in [-0.2, 0) is 10.2 Å². The molecule has 4 fully saturated rings. The highest BCUT2D eigenvalue weighted by molar-refractivity contribution is 5.98. The first-order chi connectivity index (χ1) is 18.4. The van der Waals surface area contributed by atoms with Crippen LogP contribution in [0.4, 0.5) is 5.69 Å². The predicted octanol–water partition coefficient (Wildman–Crippen LogP) is 3.86. The minimum atomic E-state index is -0.381. The number of amides is 2. The van der Waals surface area contributed by atoms with E-state index in [1.165, 1.54) is 37.7 Å². The number of hydrogen-bond acceptors (Lipinski definition) is 5. The monoisotopic (exact) mass is 522 g/mol. The molecule has 0 bridgehead atoms. The second kappa shape index (κ2) is 10.8. The standard InChI is InChI=1S/C31H46N4O3/c1-22(36)34-15-9-25(10-16-34)32-26-6-7-29-28(18-26)30(38)35(21-31(29)12-13-31)17-11-27(37)20-33-14-8-23-4-2-3-5-24(23)19-33/h6-7,18,23-25,27,32,37H,2-5,8-17,19-21H2,1H3. The summed E-state index contributed by atoms with van der Waals surface area (Å²) in [4.78, 5) is 31.7. The minimum absolute atomic E-state index is 0.114. The number of likely N-dealkylation sites (tertiary alicyclic amines) is 2. The molecule has 2 saturated carbocycles. The molecule has 3 atom stereocenters. The average Bonchev–Trinajstić information content (AvgIpc) is 3.70. The molecule has 7 nitrogen and oxygen atoms in total. The highest BCUT2D eigenvalue weighted by Gasteiger charge is 2.51. The summed E-state index contributed by atoms with van der Waals surface area (Å²) in [6.07, 6.45) is 11.2. The number of rotatable bonds is 7. The Morgan fingerprint density at radius 3 is 2.58 bits per heavy atom. The molecule has 0 aromatic heterocycles. The van der Waals surface area contributed by atoms with Gasteiger partial charge in [-0.3, -0.25) is 9.59 Å². The van der Waals surface area contributed by atoms with Crippen LogP contribution >= 0.6 is 0 Å². The molecule has 1 spiro atoms. The summed E-state index contributed by atoms with van der Waals surface area (Å²) < 4.78 is 0. The third kappa shape index (κ3) is 5.46. The van der Waals surface area contributed by atoms with Gasteiger partial charge in [0.2, 0.25) is 5.91 Å². The molecule has 208 valence electrons. The number of benzene rings is 1. The molecule has 2 saturated heterocycles. The zero-order valence-electron chi connectivity index (χ0n) is 23.2. The molecule has 0 radical (unpaired) electrons. The van der Waals surface area contributed by atoms with Gasteiger partial charge in [0, 0.05) is 68.9 Å². The molecular weight excluding hydrogens is 476 g/mol. The Labute approximate surface area is 227 Å². The molecule has 1 aromatic carbocycles. The lowest BCUT2D eigenvalue weighted by atomic mass is 9.75. The first-order valence-electron chi connectivity index (χ1n) is 15.3. The number of fused-ring (bicyclic) bond motifs is 3. The van der Waals surface area contributed by atoms with Crippen molar-refractivity contribution in [1.82, 2.24) is 14.7 Å². The van der Waals surface area contributed by atoms with E-state index in [0.29, 0.717) is 19.0 Å². The van der Waals surface area contributed by atoms with Gasteiger partial charge in [0.1, 0.15) is 0 Å². The Bertz CT molecular complexity index is 1030. The molecule has 2 N–H and O–H groups in total. The SMILES string of the molecule is CC(=O)N1CCC(Nc2ccc3c(c2)C(=O)N(CCC(O)CN2CCC4CCCCC4C2)CC32CC2)CC1. The Hall–Kier alpha value is -2.12. The zero-order chi connectivity index (χ0) is 26.3. The quantitative estimate of drug-likeness (QED) is 0.569. The van der Waals surface area contributed by atoms with E-state index in [9.17, 15) is 14.7 Å². The van der Waals surface area contributed by atoms with Gasteiger partial charge in [0.15, 0.2) is 0 Å². The maximum atomic E-state index is 13.6. The lowest BCUT2D eigenvalue weighted by Gasteiger charge is -2.42. The van der Waals surface area contributed by atoms with E-state index in [1.807, 2.05) is 9.80 Å². The van der Waals surface area contributed by atoms with Crippen molar-refractivity contribution >= 4 is 17.5 Å². The second-order valence-electron chi connectivity index (χ2n) is 13.0. The van der Waals surface area contributed by atoms with Crippen LogP contribution < -0.4 is 5.32 Å². The van der Waals surface area contributed by atoms with Crippen molar-refractivity contribution in [1.29, 1.82) is 0 Å². The number of aliphatic hydroxyl groups excluding tert-OH is 1. The van der Waals surface area contributed by atoms with Crippen molar-refractivity contribution in [3.63, 3.8) is 0 Å². The Kier molecular flexibility index (Phi) is 7.43. The minimum Gasteiger partial charge on any atom is -0.392 e. The highest BCUT2D eigenvalue weighted by atomic mass is 16.3. The van der Waals surface area contributed by atoms with E-state index in [2.05, 4.69) is 28.4 Å². The van der Waals surface area contributed by atoms with Gasteiger partial charge in [-0.05, 0) is 81.0 Å². The van der Waals surface area contributed by atoms with E-state index in [-0.39, 0.29) is 23.3 Å². The molecule has 5 aliphatic rings. The van der Waals surface area contributed by atoms with Gasteiger partial charge < -0.3 is 25.1 Å². The molecule has 3 heterocycles. The fourth-order valence-corrected chi connectivity index (χ4v) is 7.84. The largest absolute Gasteiger partial charge is 0.392 e. The molecule has 3 unspecified atom stereocenters. The van der Waals surface area contributed by atoms with Gasteiger partial charge in [-0.1, -0.05) is 25.3 Å². The van der Waals surface area contributed by atoms with E-state index >= 15 is 0 Å². The van der Waals surface area contributed by atoms with Gasteiger partial charge >= 0.3 is 0 Å². The van der Waals surface area contributed by atoms with E-state index < -0.39 is 0 Å². The summed E-state index contributed by atoms with van der Waals surface area (Å²) in [6.45, 7) is 7.62. The van der Waals surface area contributed by atoms with Crippen LogP contribution in [0.25, 0.3) is 0 Å². The van der Waals surface area contributed by atoms with Crippen LogP contribution in [0, 0.1) is 11.8 Å². The summed E-state index contributed by atoms with van der Waals surface area (Å²) in [7, 11) is 0. The lowest BCUT2D eigenvalue weighted by molar-refractivity contribution is -0.129. The number of aliphatic hydroxyl groups is 1. The maximum absolute atomic E-state index is 13.6. The van der Waals surface area contributed by atoms with Crippen LogP contribution in [0.5, 0.6) is 0 Å². The third-order valence-corrected chi connectivity index (χ3v) is 10.3. The predicted molar refractivity (Wildman–Crippen MR) is 149 cm³/mol. The van der Waals surface area contributed by atoms with Gasteiger partial charge in [0.25, 0.3) is 5.91 Å². The second-order valence-corrected chi connectivity index (χ2v) is 13.0. The number of nitrogens with one attached hydrogen (secondary N) is 1. The molecular formula is C31H46N4O3. The lowest BCUT2D eigenvalue weighted by Crippen LogP contribution is -2.47. The van der Waals surface area contributed by atoms with Crippen LogP contribution in [-0.4, -0.2) is 89.6 Å². The van der Waals surface area contributed by atoms with Crippen LogP contribution in [0.3, 0.4) is 0 Å². The number of hydrogen-bond donors (Lipinski definition) is 2. The Morgan fingerprint density at radius 1 is 1.08 bits per heavy atom. The molecule has 7 heteroatoms. The Balaban J connectivity index is 1.05. The van der Waals surface area contributed by atoms with Crippen molar-refractivity contribution < 1.29 is 14.7 Å². The Morgan fingerprint density at radius 2 is 1.84 bits per heavy atom. The summed E-state index contributed by atoms with van der Waals surface area (Å²) in [5, 5.41) is 14.6.